The number of aryl methyl sites for hydroxylation is 1. The Balaban J connectivity index is 2.48. The van der Waals surface area contributed by atoms with E-state index in [1.807, 2.05) is 13.8 Å². The summed E-state index contributed by atoms with van der Waals surface area (Å²) >= 11 is 0. The van der Waals surface area contributed by atoms with Crippen molar-refractivity contribution >= 4 is 0 Å². The molecule has 18 heavy (non-hydrogen) atoms. The SMILES string of the molecule is CC(C)C(N)c1ccn(CCCC(C)(C)C#N)c1. The van der Waals surface area contributed by atoms with Gasteiger partial charge in [0.25, 0.3) is 0 Å². The van der Waals surface area contributed by atoms with Crippen molar-refractivity contribution in [1.82, 2.24) is 4.57 Å². The molecule has 0 saturated heterocycles. The Morgan fingerprint density at radius 3 is 2.67 bits per heavy atom. The number of nitriles is 1. The Labute approximate surface area is 111 Å². The van der Waals surface area contributed by atoms with Crippen LogP contribution in [0.25, 0.3) is 0 Å². The van der Waals surface area contributed by atoms with Crippen LogP contribution in [0.4, 0.5) is 0 Å². The molecule has 0 amide bonds. The van der Waals surface area contributed by atoms with Crippen LogP contribution in [0.3, 0.4) is 0 Å². The summed E-state index contributed by atoms with van der Waals surface area (Å²) in [6.07, 6.45) is 6.15. The van der Waals surface area contributed by atoms with Gasteiger partial charge in [-0.15, -0.1) is 0 Å². The maximum Gasteiger partial charge on any atom is 0.0683 e. The first kappa shape index (κ1) is 14.8. The molecule has 0 radical (unpaired) electrons. The molecule has 2 N–H and O–H groups in total. The average Bonchev–Trinajstić information content (AvgIpc) is 2.76. The fourth-order valence-electron chi connectivity index (χ4n) is 1.94. The van der Waals surface area contributed by atoms with Crippen molar-refractivity contribution in [3.05, 3.63) is 24.0 Å². The van der Waals surface area contributed by atoms with E-state index < -0.39 is 0 Å². The number of nitrogens with zero attached hydrogens (tertiary/aromatic N) is 2. The molecule has 1 atom stereocenters. The number of hydrogen-bond acceptors (Lipinski definition) is 2. The molecule has 100 valence electrons. The lowest BCUT2D eigenvalue weighted by atomic mass is 9.90. The Hall–Kier alpha value is -1.27. The van der Waals surface area contributed by atoms with Gasteiger partial charge in [0.15, 0.2) is 0 Å². The van der Waals surface area contributed by atoms with Gasteiger partial charge in [-0.05, 0) is 44.2 Å². The van der Waals surface area contributed by atoms with Crippen LogP contribution in [0.2, 0.25) is 0 Å². The maximum absolute atomic E-state index is 8.96. The van der Waals surface area contributed by atoms with Crippen molar-refractivity contribution in [1.29, 1.82) is 5.26 Å². The monoisotopic (exact) mass is 247 g/mol. The predicted molar refractivity (Wildman–Crippen MR) is 74.8 cm³/mol. The van der Waals surface area contributed by atoms with Gasteiger partial charge in [-0.1, -0.05) is 13.8 Å². The molecule has 1 unspecified atom stereocenters. The summed E-state index contributed by atoms with van der Waals surface area (Å²) in [5, 5.41) is 8.96. The minimum absolute atomic E-state index is 0.113. The van der Waals surface area contributed by atoms with Crippen molar-refractivity contribution in [2.24, 2.45) is 17.1 Å². The van der Waals surface area contributed by atoms with E-state index in [1.54, 1.807) is 0 Å². The van der Waals surface area contributed by atoms with Crippen LogP contribution in [0, 0.1) is 22.7 Å². The molecule has 1 heterocycles. The Bertz CT molecular complexity index is 410. The quantitative estimate of drug-likeness (QED) is 0.836. The fraction of sp³-hybridized carbons (Fsp3) is 0.667. The minimum atomic E-state index is -0.218. The van der Waals surface area contributed by atoms with Gasteiger partial charge in [0.1, 0.15) is 0 Å². The number of rotatable bonds is 6. The van der Waals surface area contributed by atoms with E-state index in [-0.39, 0.29) is 11.5 Å². The van der Waals surface area contributed by atoms with Crippen LogP contribution in [-0.4, -0.2) is 4.57 Å². The highest BCUT2D eigenvalue weighted by molar-refractivity contribution is 5.15. The lowest BCUT2D eigenvalue weighted by Crippen LogP contribution is -2.16. The highest BCUT2D eigenvalue weighted by Gasteiger charge is 2.16. The van der Waals surface area contributed by atoms with Crippen molar-refractivity contribution in [2.75, 3.05) is 0 Å². The van der Waals surface area contributed by atoms with Crippen LogP contribution < -0.4 is 5.73 Å². The van der Waals surface area contributed by atoms with Gasteiger partial charge < -0.3 is 10.3 Å². The van der Waals surface area contributed by atoms with Gasteiger partial charge in [-0.2, -0.15) is 5.26 Å². The van der Waals surface area contributed by atoms with Crippen LogP contribution in [0.5, 0.6) is 0 Å². The first-order valence-electron chi connectivity index (χ1n) is 6.68. The van der Waals surface area contributed by atoms with E-state index in [0.717, 1.165) is 19.4 Å². The van der Waals surface area contributed by atoms with Gasteiger partial charge in [0.2, 0.25) is 0 Å². The second-order valence-electron chi connectivity index (χ2n) is 6.05. The molecular weight excluding hydrogens is 222 g/mol. The third-order valence-corrected chi connectivity index (χ3v) is 3.40. The number of hydrogen-bond donors (Lipinski definition) is 1. The summed E-state index contributed by atoms with van der Waals surface area (Å²) in [6, 6.07) is 4.55. The third kappa shape index (κ3) is 4.19. The maximum atomic E-state index is 8.96. The number of aromatic nitrogens is 1. The van der Waals surface area contributed by atoms with Crippen molar-refractivity contribution in [2.45, 2.75) is 53.1 Å². The molecule has 1 rings (SSSR count). The zero-order valence-electron chi connectivity index (χ0n) is 12.0. The smallest absolute Gasteiger partial charge is 0.0683 e. The van der Waals surface area contributed by atoms with Crippen LogP contribution in [-0.2, 0) is 6.54 Å². The van der Waals surface area contributed by atoms with Crippen LogP contribution >= 0.6 is 0 Å². The summed E-state index contributed by atoms with van der Waals surface area (Å²) in [7, 11) is 0. The van der Waals surface area contributed by atoms with E-state index in [9.17, 15) is 0 Å². The molecular formula is C15H25N3. The highest BCUT2D eigenvalue weighted by atomic mass is 14.9. The molecule has 1 aromatic heterocycles. The minimum Gasteiger partial charge on any atom is -0.354 e. The number of nitrogens with two attached hydrogens (primary N) is 1. The van der Waals surface area contributed by atoms with E-state index in [0.29, 0.717) is 5.92 Å². The summed E-state index contributed by atoms with van der Waals surface area (Å²) in [4.78, 5) is 0. The third-order valence-electron chi connectivity index (χ3n) is 3.40. The molecule has 0 fully saturated rings. The molecule has 3 nitrogen and oxygen atoms in total. The summed E-state index contributed by atoms with van der Waals surface area (Å²) < 4.78 is 2.17. The van der Waals surface area contributed by atoms with E-state index in [4.69, 9.17) is 11.0 Å². The van der Waals surface area contributed by atoms with Gasteiger partial charge in [0, 0.05) is 25.0 Å². The average molecular weight is 247 g/mol. The van der Waals surface area contributed by atoms with E-state index >= 15 is 0 Å². The molecule has 0 aliphatic carbocycles. The molecule has 0 aromatic carbocycles. The van der Waals surface area contributed by atoms with Gasteiger partial charge in [-0.3, -0.25) is 0 Å². The Morgan fingerprint density at radius 1 is 1.44 bits per heavy atom. The standard InChI is InChI=1S/C15H25N3/c1-12(2)14(17)13-6-9-18(10-13)8-5-7-15(3,4)11-16/h6,9-10,12,14H,5,7-8,17H2,1-4H3. The normalized spacial score (nSPS) is 13.6. The largest absolute Gasteiger partial charge is 0.354 e. The molecule has 1 aromatic rings. The summed E-state index contributed by atoms with van der Waals surface area (Å²) in [6.45, 7) is 9.20. The Kier molecular flexibility index (Phi) is 4.98. The fourth-order valence-corrected chi connectivity index (χ4v) is 1.94. The van der Waals surface area contributed by atoms with Crippen LogP contribution in [0.1, 0.15) is 52.1 Å². The topological polar surface area (TPSA) is 54.7 Å². The zero-order chi connectivity index (χ0) is 13.8. The molecule has 0 aliphatic heterocycles. The van der Waals surface area contributed by atoms with Crippen molar-refractivity contribution in [3.8, 4) is 6.07 Å². The summed E-state index contributed by atoms with van der Waals surface area (Å²) in [5.41, 5.74) is 7.09. The highest BCUT2D eigenvalue weighted by Crippen LogP contribution is 2.22. The zero-order valence-corrected chi connectivity index (χ0v) is 12.0. The molecule has 3 heteroatoms. The van der Waals surface area contributed by atoms with Crippen molar-refractivity contribution < 1.29 is 0 Å². The van der Waals surface area contributed by atoms with Gasteiger partial charge in [-0.25, -0.2) is 0 Å². The lowest BCUT2D eigenvalue weighted by molar-refractivity contribution is 0.415. The molecule has 0 saturated carbocycles. The predicted octanol–water partition coefficient (Wildman–Crippen LogP) is 3.47. The second kappa shape index (κ2) is 6.06. The Morgan fingerprint density at radius 2 is 2.11 bits per heavy atom. The van der Waals surface area contributed by atoms with Gasteiger partial charge in [0.05, 0.1) is 11.5 Å². The first-order valence-corrected chi connectivity index (χ1v) is 6.68. The van der Waals surface area contributed by atoms with Crippen LogP contribution in [0.15, 0.2) is 18.5 Å². The molecule has 0 aliphatic rings. The first-order chi connectivity index (χ1) is 8.35. The van der Waals surface area contributed by atoms with E-state index in [2.05, 4.69) is 42.9 Å². The second-order valence-corrected chi connectivity index (χ2v) is 6.05. The molecule has 0 spiro atoms. The van der Waals surface area contributed by atoms with Gasteiger partial charge >= 0.3 is 0 Å². The molecule has 0 bridgehead atoms. The van der Waals surface area contributed by atoms with E-state index in [1.165, 1.54) is 5.56 Å². The lowest BCUT2D eigenvalue weighted by Gasteiger charge is -2.15. The van der Waals surface area contributed by atoms with Crippen molar-refractivity contribution in [3.63, 3.8) is 0 Å². The summed E-state index contributed by atoms with van der Waals surface area (Å²) in [5.74, 6) is 0.457.